The summed E-state index contributed by atoms with van der Waals surface area (Å²) in [6, 6.07) is 7.78. The van der Waals surface area contributed by atoms with E-state index in [9.17, 15) is 31.6 Å². The molecular weight excluding hydrogens is 576 g/mol. The Kier molecular flexibility index (Phi) is 8.82. The van der Waals surface area contributed by atoms with Crippen LogP contribution in [0, 0.1) is 11.6 Å². The Bertz CT molecular complexity index is 1730. The third-order valence-electron chi connectivity index (χ3n) is 5.42. The molecule has 4 aromatic rings. The minimum absolute atomic E-state index is 0. The highest BCUT2D eigenvalue weighted by Crippen LogP contribution is 2.28. The number of carbonyl (C=O) groups excluding carboxylic acids is 2. The molecule has 0 radical (unpaired) electrons. The first-order valence-corrected chi connectivity index (χ1v) is 12.9. The molecule has 2 heterocycles. The van der Waals surface area contributed by atoms with Crippen molar-refractivity contribution >= 4 is 56.9 Å². The SMILES string of the molecule is CS(=O)(=O)Nc1c(F)ccc(C(=O)c2n[nH]c3ncc(-c4ccc(C(=O)OCC(N)C(=O)O)cc4)cc23)c1F.Cl. The zero-order valence-electron chi connectivity index (χ0n) is 20.3. The normalized spacial score (nSPS) is 11.9. The number of rotatable bonds is 9. The van der Waals surface area contributed by atoms with E-state index in [0.29, 0.717) is 17.4 Å². The molecule has 1 atom stereocenters. The molecule has 4 rings (SSSR count). The number of aromatic nitrogens is 3. The fraction of sp³-hybridized carbons (Fsp3) is 0.125. The third kappa shape index (κ3) is 6.39. The number of carboxylic acids is 1. The first-order valence-electron chi connectivity index (χ1n) is 11.0. The summed E-state index contributed by atoms with van der Waals surface area (Å²) in [7, 11) is -4.04. The smallest absolute Gasteiger partial charge is 0.338 e. The zero-order chi connectivity index (χ0) is 28.5. The maximum Gasteiger partial charge on any atom is 0.338 e. The monoisotopic (exact) mass is 595 g/mol. The lowest BCUT2D eigenvalue weighted by Crippen LogP contribution is -2.35. The van der Waals surface area contributed by atoms with Crippen LogP contribution in [0.4, 0.5) is 14.5 Å². The van der Waals surface area contributed by atoms with Crippen molar-refractivity contribution in [2.24, 2.45) is 5.73 Å². The number of hydrogen-bond donors (Lipinski definition) is 4. The molecule has 5 N–H and O–H groups in total. The van der Waals surface area contributed by atoms with E-state index < -0.39 is 63.3 Å². The number of pyridine rings is 1. The van der Waals surface area contributed by atoms with Crippen LogP contribution in [0.15, 0.2) is 48.7 Å². The van der Waals surface area contributed by atoms with Crippen LogP contribution in [0.2, 0.25) is 0 Å². The van der Waals surface area contributed by atoms with Crippen molar-refractivity contribution in [2.75, 3.05) is 17.6 Å². The Morgan fingerprint density at radius 3 is 2.42 bits per heavy atom. The van der Waals surface area contributed by atoms with Crippen molar-refractivity contribution in [2.45, 2.75) is 6.04 Å². The van der Waals surface area contributed by atoms with Crippen molar-refractivity contribution in [3.05, 3.63) is 77.1 Å². The van der Waals surface area contributed by atoms with Crippen LogP contribution in [-0.4, -0.2) is 65.3 Å². The molecule has 12 nitrogen and oxygen atoms in total. The maximum atomic E-state index is 15.0. The third-order valence-corrected chi connectivity index (χ3v) is 5.99. The van der Waals surface area contributed by atoms with Crippen molar-refractivity contribution in [1.82, 2.24) is 15.2 Å². The second-order valence-corrected chi connectivity index (χ2v) is 10.0. The van der Waals surface area contributed by atoms with Gasteiger partial charge in [0, 0.05) is 11.8 Å². The average Bonchev–Trinajstić information content (AvgIpc) is 3.32. The molecule has 0 aliphatic rings. The number of ketones is 1. The summed E-state index contributed by atoms with van der Waals surface area (Å²) in [4.78, 5) is 40.2. The van der Waals surface area contributed by atoms with Gasteiger partial charge in [0.25, 0.3) is 0 Å². The number of ether oxygens (including phenoxy) is 1. The molecule has 2 aromatic heterocycles. The summed E-state index contributed by atoms with van der Waals surface area (Å²) >= 11 is 0. The van der Waals surface area contributed by atoms with E-state index in [1.165, 1.54) is 24.4 Å². The van der Waals surface area contributed by atoms with E-state index in [-0.39, 0.29) is 34.7 Å². The van der Waals surface area contributed by atoms with E-state index in [1.807, 2.05) is 0 Å². The van der Waals surface area contributed by atoms with E-state index in [4.69, 9.17) is 15.6 Å². The molecule has 16 heteroatoms. The highest BCUT2D eigenvalue weighted by atomic mass is 35.5. The maximum absolute atomic E-state index is 15.0. The number of aliphatic carboxylic acids is 1. The van der Waals surface area contributed by atoms with E-state index in [2.05, 4.69) is 15.2 Å². The molecule has 1 unspecified atom stereocenters. The summed E-state index contributed by atoms with van der Waals surface area (Å²) in [5, 5.41) is 15.4. The van der Waals surface area contributed by atoms with Gasteiger partial charge >= 0.3 is 11.9 Å². The number of carbonyl (C=O) groups is 3. The number of benzene rings is 2. The van der Waals surface area contributed by atoms with E-state index in [0.717, 1.165) is 12.1 Å². The fourth-order valence-electron chi connectivity index (χ4n) is 3.49. The van der Waals surface area contributed by atoms with Crippen LogP contribution in [0.3, 0.4) is 0 Å². The fourth-order valence-corrected chi connectivity index (χ4v) is 4.05. The van der Waals surface area contributed by atoms with Gasteiger partial charge in [-0.1, -0.05) is 12.1 Å². The lowest BCUT2D eigenvalue weighted by atomic mass is 10.0. The number of hydrogen-bond acceptors (Lipinski definition) is 9. The quantitative estimate of drug-likeness (QED) is 0.165. The zero-order valence-corrected chi connectivity index (χ0v) is 22.0. The molecule has 0 fully saturated rings. The van der Waals surface area contributed by atoms with Gasteiger partial charge in [0.2, 0.25) is 15.8 Å². The number of anilines is 1. The average molecular weight is 596 g/mol. The Morgan fingerprint density at radius 1 is 1.12 bits per heavy atom. The van der Waals surface area contributed by atoms with Gasteiger partial charge in [0.1, 0.15) is 29.8 Å². The molecule has 2 aromatic carbocycles. The number of H-pyrrole nitrogens is 1. The topological polar surface area (TPSA) is 194 Å². The van der Waals surface area contributed by atoms with Crippen LogP contribution in [0.1, 0.15) is 26.4 Å². The van der Waals surface area contributed by atoms with Crippen molar-refractivity contribution in [3.63, 3.8) is 0 Å². The summed E-state index contributed by atoms with van der Waals surface area (Å²) < 4.78 is 58.7. The second kappa shape index (κ2) is 11.7. The highest BCUT2D eigenvalue weighted by Gasteiger charge is 2.25. The largest absolute Gasteiger partial charge is 0.480 e. The number of esters is 1. The molecule has 0 amide bonds. The van der Waals surface area contributed by atoms with Crippen LogP contribution < -0.4 is 10.5 Å². The van der Waals surface area contributed by atoms with Crippen LogP contribution in [-0.2, 0) is 19.6 Å². The summed E-state index contributed by atoms with van der Waals surface area (Å²) in [5.41, 5.74) is 4.84. The van der Waals surface area contributed by atoms with Crippen LogP contribution in [0.5, 0.6) is 0 Å². The van der Waals surface area contributed by atoms with Gasteiger partial charge in [-0.3, -0.25) is 19.4 Å². The van der Waals surface area contributed by atoms with E-state index >= 15 is 0 Å². The molecule has 0 saturated carbocycles. The molecule has 0 saturated heterocycles. The molecule has 0 aliphatic heterocycles. The number of nitrogens with one attached hydrogen (secondary N) is 2. The van der Waals surface area contributed by atoms with Gasteiger partial charge in [-0.15, -0.1) is 12.4 Å². The number of nitrogens with zero attached hydrogens (tertiary/aromatic N) is 2. The summed E-state index contributed by atoms with van der Waals surface area (Å²) in [6.45, 7) is -0.506. The predicted molar refractivity (Wildman–Crippen MR) is 141 cm³/mol. The van der Waals surface area contributed by atoms with Gasteiger partial charge in [-0.05, 0) is 35.9 Å². The minimum atomic E-state index is -4.04. The number of sulfonamides is 1. The van der Waals surface area contributed by atoms with Crippen molar-refractivity contribution < 1.29 is 41.4 Å². The van der Waals surface area contributed by atoms with Crippen LogP contribution >= 0.6 is 12.4 Å². The minimum Gasteiger partial charge on any atom is -0.480 e. The first-order chi connectivity index (χ1) is 18.4. The first kappa shape index (κ1) is 30.1. The number of fused-ring (bicyclic) bond motifs is 1. The number of nitrogens with two attached hydrogens (primary N) is 1. The molecule has 40 heavy (non-hydrogen) atoms. The molecule has 0 spiro atoms. The Labute approximate surface area is 231 Å². The Hall–Kier alpha value is -4.47. The van der Waals surface area contributed by atoms with Crippen molar-refractivity contribution in [3.8, 4) is 11.1 Å². The van der Waals surface area contributed by atoms with Gasteiger partial charge in [0.05, 0.1) is 22.8 Å². The lowest BCUT2D eigenvalue weighted by Gasteiger charge is -2.10. The molecule has 0 aliphatic carbocycles. The number of aromatic amines is 1. The highest BCUT2D eigenvalue weighted by molar-refractivity contribution is 7.92. The molecule has 210 valence electrons. The van der Waals surface area contributed by atoms with Gasteiger partial charge in [-0.2, -0.15) is 5.10 Å². The van der Waals surface area contributed by atoms with Gasteiger partial charge < -0.3 is 15.6 Å². The van der Waals surface area contributed by atoms with Gasteiger partial charge in [-0.25, -0.2) is 27.0 Å². The standard InChI is InChI=1S/C24H19F2N5O7S.ClH/c1-39(36,37)31-20-16(25)7-6-14(18(20)26)21(32)19-15-8-13(9-28-22(15)30-29-19)11-2-4-12(5-3-11)24(35)38-10-17(27)23(33)34;/h2-9,17,31H,10,27H2,1H3,(H,33,34)(H,28,29,30);1H. The number of halogens is 3. The Balaban J connectivity index is 0.00000441. The Morgan fingerprint density at radius 2 is 1.80 bits per heavy atom. The van der Waals surface area contributed by atoms with Crippen molar-refractivity contribution in [1.29, 1.82) is 0 Å². The summed E-state index contributed by atoms with van der Waals surface area (Å²) in [6.07, 6.45) is 2.17. The van der Waals surface area contributed by atoms with Gasteiger partial charge in [0.15, 0.2) is 11.5 Å². The number of carboxylic acid groups (broad SMARTS) is 1. The predicted octanol–water partition coefficient (Wildman–Crippen LogP) is 2.50. The molecular formula is C24H20ClF2N5O7S. The summed E-state index contributed by atoms with van der Waals surface area (Å²) in [5.74, 6) is -5.65. The second-order valence-electron chi connectivity index (χ2n) is 8.30. The molecule has 0 bridgehead atoms. The lowest BCUT2D eigenvalue weighted by molar-refractivity contribution is -0.139. The van der Waals surface area contributed by atoms with E-state index in [1.54, 1.807) is 16.9 Å². The van der Waals surface area contributed by atoms with Crippen LogP contribution in [0.25, 0.3) is 22.2 Å².